The number of morpholine rings is 1. The third kappa shape index (κ3) is 4.36. The van der Waals surface area contributed by atoms with Gasteiger partial charge >= 0.3 is 0 Å². The molecule has 8 nitrogen and oxygen atoms in total. The summed E-state index contributed by atoms with van der Waals surface area (Å²) in [5, 5.41) is 9.35. The summed E-state index contributed by atoms with van der Waals surface area (Å²) in [7, 11) is 3.12. The Bertz CT molecular complexity index is 790. The average Bonchev–Trinajstić information content (AvgIpc) is 3.14. The Balaban J connectivity index is 1.69. The molecule has 0 saturated carbocycles. The molecule has 27 heavy (non-hydrogen) atoms. The number of methoxy groups -OCH3 is 2. The summed E-state index contributed by atoms with van der Waals surface area (Å²) in [6.45, 7) is 5.77. The van der Waals surface area contributed by atoms with Crippen LogP contribution in [0.15, 0.2) is 23.4 Å². The molecular formula is C18H24N4O4S. The monoisotopic (exact) mass is 392 g/mol. The molecule has 146 valence electrons. The van der Waals surface area contributed by atoms with Gasteiger partial charge < -0.3 is 19.1 Å². The molecule has 2 heterocycles. The number of aromatic nitrogens is 3. The van der Waals surface area contributed by atoms with E-state index in [4.69, 9.17) is 14.2 Å². The first-order chi connectivity index (χ1) is 13.2. The molecule has 0 aliphatic carbocycles. The molecule has 1 aliphatic rings. The summed E-state index contributed by atoms with van der Waals surface area (Å²) in [6.07, 6.45) is 0. The van der Waals surface area contributed by atoms with Gasteiger partial charge in [-0.3, -0.25) is 9.36 Å². The number of ketones is 1. The second-order valence-electron chi connectivity index (χ2n) is 5.91. The lowest BCUT2D eigenvalue weighted by Gasteiger charge is -2.27. The molecule has 0 bridgehead atoms. The lowest BCUT2D eigenvalue weighted by molar-refractivity contribution is 0.102. The van der Waals surface area contributed by atoms with E-state index < -0.39 is 0 Å². The molecule has 1 aromatic carbocycles. The van der Waals surface area contributed by atoms with E-state index in [0.717, 1.165) is 30.7 Å². The lowest BCUT2D eigenvalue weighted by atomic mass is 10.1. The highest BCUT2D eigenvalue weighted by Crippen LogP contribution is 2.29. The molecule has 0 amide bonds. The Labute approximate surface area is 162 Å². The molecule has 1 aliphatic heterocycles. The number of benzene rings is 1. The number of hydrogen-bond donors (Lipinski definition) is 0. The first-order valence-corrected chi connectivity index (χ1v) is 9.80. The number of rotatable bonds is 8. The fourth-order valence-corrected chi connectivity index (χ4v) is 3.78. The van der Waals surface area contributed by atoms with Crippen LogP contribution in [-0.4, -0.2) is 66.8 Å². The number of nitrogens with zero attached hydrogens (tertiary/aromatic N) is 4. The van der Waals surface area contributed by atoms with Crippen molar-refractivity contribution in [3.8, 4) is 11.5 Å². The molecular weight excluding hydrogens is 368 g/mol. The second kappa shape index (κ2) is 9.09. The Hall–Kier alpha value is -2.26. The Morgan fingerprint density at radius 2 is 1.93 bits per heavy atom. The number of thioether (sulfide) groups is 1. The molecule has 3 rings (SSSR count). The Kier molecular flexibility index (Phi) is 6.57. The van der Waals surface area contributed by atoms with Crippen molar-refractivity contribution >= 4 is 23.5 Å². The minimum absolute atomic E-state index is 0.000436. The molecule has 1 saturated heterocycles. The number of carbonyl (C=O) groups excluding carboxylic acids is 1. The maximum atomic E-state index is 12.6. The van der Waals surface area contributed by atoms with Crippen molar-refractivity contribution in [3.05, 3.63) is 23.8 Å². The van der Waals surface area contributed by atoms with Crippen LogP contribution in [0.5, 0.6) is 11.5 Å². The van der Waals surface area contributed by atoms with Crippen molar-refractivity contribution in [2.24, 2.45) is 0 Å². The second-order valence-corrected chi connectivity index (χ2v) is 6.85. The van der Waals surface area contributed by atoms with Gasteiger partial charge in [0.1, 0.15) is 0 Å². The molecule has 9 heteroatoms. The van der Waals surface area contributed by atoms with Crippen LogP contribution in [0.4, 0.5) is 5.95 Å². The number of anilines is 1. The van der Waals surface area contributed by atoms with E-state index in [9.17, 15) is 4.79 Å². The van der Waals surface area contributed by atoms with Gasteiger partial charge in [0.15, 0.2) is 22.4 Å². The number of hydrogen-bond acceptors (Lipinski definition) is 8. The molecule has 1 aromatic heterocycles. The molecule has 2 aromatic rings. The average molecular weight is 392 g/mol. The Morgan fingerprint density at radius 1 is 1.19 bits per heavy atom. The highest BCUT2D eigenvalue weighted by molar-refractivity contribution is 7.99. The first-order valence-electron chi connectivity index (χ1n) is 8.81. The van der Waals surface area contributed by atoms with Crippen molar-refractivity contribution in [2.75, 3.05) is 51.2 Å². The third-order valence-corrected chi connectivity index (χ3v) is 5.31. The van der Waals surface area contributed by atoms with E-state index in [-0.39, 0.29) is 11.5 Å². The van der Waals surface area contributed by atoms with Crippen LogP contribution in [0, 0.1) is 0 Å². The lowest BCUT2D eigenvalue weighted by Crippen LogP contribution is -2.38. The number of Topliss-reactive ketones (excluding diaryl/α,β-unsaturated/α-hetero) is 1. The molecule has 0 radical (unpaired) electrons. The van der Waals surface area contributed by atoms with Crippen molar-refractivity contribution in [3.63, 3.8) is 0 Å². The predicted octanol–water partition coefficient (Wildman–Crippen LogP) is 2.13. The van der Waals surface area contributed by atoms with E-state index in [1.807, 2.05) is 11.5 Å². The van der Waals surface area contributed by atoms with Gasteiger partial charge in [-0.05, 0) is 25.1 Å². The summed E-state index contributed by atoms with van der Waals surface area (Å²) >= 11 is 1.39. The van der Waals surface area contributed by atoms with Gasteiger partial charge in [0, 0.05) is 25.2 Å². The quantitative estimate of drug-likeness (QED) is 0.499. The minimum atomic E-state index is -0.000436. The van der Waals surface area contributed by atoms with Gasteiger partial charge in [-0.1, -0.05) is 11.8 Å². The maximum Gasteiger partial charge on any atom is 0.228 e. The van der Waals surface area contributed by atoms with E-state index in [1.165, 1.54) is 11.8 Å². The normalized spacial score (nSPS) is 14.3. The zero-order valence-electron chi connectivity index (χ0n) is 15.8. The molecule has 0 unspecified atom stereocenters. The highest BCUT2D eigenvalue weighted by Gasteiger charge is 2.20. The van der Waals surface area contributed by atoms with Gasteiger partial charge in [0.25, 0.3) is 0 Å². The fraction of sp³-hybridized carbons (Fsp3) is 0.500. The maximum absolute atomic E-state index is 12.6. The zero-order valence-corrected chi connectivity index (χ0v) is 16.6. The molecule has 1 fully saturated rings. The van der Waals surface area contributed by atoms with Crippen LogP contribution in [-0.2, 0) is 11.3 Å². The largest absolute Gasteiger partial charge is 0.493 e. The van der Waals surface area contributed by atoms with E-state index >= 15 is 0 Å². The van der Waals surface area contributed by atoms with Crippen molar-refractivity contribution in [2.45, 2.75) is 18.6 Å². The van der Waals surface area contributed by atoms with Gasteiger partial charge in [0.05, 0.1) is 33.2 Å². The standard InChI is InChI=1S/C18H24N4O4S/c1-4-22-17(21-7-9-26-10-8-21)19-20-18(22)27-12-14(23)13-5-6-15(24-2)16(11-13)25-3/h5-6,11H,4,7-10,12H2,1-3H3. The molecule has 0 spiro atoms. The van der Waals surface area contributed by atoms with Crippen LogP contribution < -0.4 is 14.4 Å². The van der Waals surface area contributed by atoms with E-state index in [1.54, 1.807) is 32.4 Å². The SMILES string of the molecule is CCn1c(SCC(=O)c2ccc(OC)c(OC)c2)nnc1N1CCOCC1. The number of ether oxygens (including phenoxy) is 3. The topological polar surface area (TPSA) is 78.7 Å². The van der Waals surface area contributed by atoms with Crippen molar-refractivity contribution in [1.29, 1.82) is 0 Å². The van der Waals surface area contributed by atoms with Gasteiger partial charge in [0.2, 0.25) is 5.95 Å². The van der Waals surface area contributed by atoms with Crippen LogP contribution >= 0.6 is 11.8 Å². The minimum Gasteiger partial charge on any atom is -0.493 e. The van der Waals surface area contributed by atoms with Gasteiger partial charge in [-0.15, -0.1) is 10.2 Å². The van der Waals surface area contributed by atoms with E-state index in [2.05, 4.69) is 15.1 Å². The summed E-state index contributed by atoms with van der Waals surface area (Å²) in [6, 6.07) is 5.18. The zero-order chi connectivity index (χ0) is 19.2. The van der Waals surface area contributed by atoms with Crippen LogP contribution in [0.1, 0.15) is 17.3 Å². The summed E-state index contributed by atoms with van der Waals surface area (Å²) in [4.78, 5) is 14.8. The van der Waals surface area contributed by atoms with Crippen molar-refractivity contribution in [1.82, 2.24) is 14.8 Å². The predicted molar refractivity (Wildman–Crippen MR) is 103 cm³/mol. The smallest absolute Gasteiger partial charge is 0.228 e. The number of carbonyl (C=O) groups is 1. The molecule has 0 N–H and O–H groups in total. The Morgan fingerprint density at radius 3 is 2.59 bits per heavy atom. The summed E-state index contributed by atoms with van der Waals surface area (Å²) in [5.41, 5.74) is 0.580. The first kappa shape index (κ1) is 19.5. The van der Waals surface area contributed by atoms with Gasteiger partial charge in [-0.25, -0.2) is 0 Å². The highest BCUT2D eigenvalue weighted by atomic mass is 32.2. The van der Waals surface area contributed by atoms with Gasteiger partial charge in [-0.2, -0.15) is 0 Å². The summed E-state index contributed by atoms with van der Waals surface area (Å²) < 4.78 is 17.9. The summed E-state index contributed by atoms with van der Waals surface area (Å²) in [5.74, 6) is 2.25. The van der Waals surface area contributed by atoms with Crippen LogP contribution in [0.3, 0.4) is 0 Å². The molecule has 0 atom stereocenters. The fourth-order valence-electron chi connectivity index (χ4n) is 2.88. The van der Waals surface area contributed by atoms with E-state index in [0.29, 0.717) is 30.3 Å². The van der Waals surface area contributed by atoms with Crippen LogP contribution in [0.2, 0.25) is 0 Å². The van der Waals surface area contributed by atoms with Crippen molar-refractivity contribution < 1.29 is 19.0 Å². The van der Waals surface area contributed by atoms with Crippen LogP contribution in [0.25, 0.3) is 0 Å². The third-order valence-electron chi connectivity index (χ3n) is 4.35.